The predicted octanol–water partition coefficient (Wildman–Crippen LogP) is 14.6. The Balaban J connectivity index is 1.06. The lowest BCUT2D eigenvalue weighted by Gasteiger charge is -2.14. The average molecular weight is 806 g/mol. The van der Waals surface area contributed by atoms with Gasteiger partial charge in [0.25, 0.3) is 0 Å². The fourth-order valence-corrected chi connectivity index (χ4v) is 9.49. The van der Waals surface area contributed by atoms with Gasteiger partial charge in [-0.2, -0.15) is 9.97 Å². The number of rotatable bonds is 6. The largest absolute Gasteiger partial charge is 0.455 e. The molecule has 63 heavy (non-hydrogen) atoms. The topological polar surface area (TPSA) is 61.7 Å². The van der Waals surface area contributed by atoms with Crippen molar-refractivity contribution >= 4 is 65.6 Å². The summed E-state index contributed by atoms with van der Waals surface area (Å²) in [4.78, 5) is 15.9. The van der Waals surface area contributed by atoms with Gasteiger partial charge in [0.1, 0.15) is 11.2 Å². The number of fused-ring (bicyclic) bond motifs is 10. The van der Waals surface area contributed by atoms with E-state index in [9.17, 15) is 0 Å². The Bertz CT molecular complexity index is 3880. The van der Waals surface area contributed by atoms with E-state index in [1.54, 1.807) is 0 Å². The lowest BCUT2D eigenvalue weighted by atomic mass is 10.0. The number of benzene rings is 9. The first kappa shape index (κ1) is 35.2. The van der Waals surface area contributed by atoms with Crippen molar-refractivity contribution in [3.05, 3.63) is 212 Å². The van der Waals surface area contributed by atoms with Gasteiger partial charge in [-0.25, -0.2) is 4.98 Å². The van der Waals surface area contributed by atoms with Gasteiger partial charge in [-0.1, -0.05) is 176 Å². The van der Waals surface area contributed by atoms with Crippen molar-refractivity contribution in [1.82, 2.24) is 24.1 Å². The Kier molecular flexibility index (Phi) is 7.80. The molecule has 0 aliphatic rings. The summed E-state index contributed by atoms with van der Waals surface area (Å²) in [6, 6.07) is 74.5. The Labute approximate surface area is 361 Å². The zero-order chi connectivity index (χ0) is 41.4. The van der Waals surface area contributed by atoms with E-state index in [-0.39, 0.29) is 0 Å². The SMILES string of the molecule is c1ccc(-c2ccc(-c3ccc(-n4c5ccccc5c5ccc6c7ccccc7n(-c7nc(-c8ccccc8)nc(-c8cccc9c8oc8ccccc89)n7)c6c54)cc3)cc2)cc1. The third-order valence-electron chi connectivity index (χ3n) is 12.4. The monoisotopic (exact) mass is 805 g/mol. The van der Waals surface area contributed by atoms with Crippen LogP contribution in [0.1, 0.15) is 0 Å². The highest BCUT2D eigenvalue weighted by atomic mass is 16.3. The average Bonchev–Trinajstić information content (AvgIpc) is 4.03. The molecule has 0 saturated heterocycles. The summed E-state index contributed by atoms with van der Waals surface area (Å²) in [5.41, 5.74) is 13.3. The fraction of sp³-hybridized carbons (Fsp3) is 0. The zero-order valence-electron chi connectivity index (χ0n) is 33.9. The molecule has 0 N–H and O–H groups in total. The molecule has 0 unspecified atom stereocenters. The van der Waals surface area contributed by atoms with Crippen LogP contribution in [-0.4, -0.2) is 24.1 Å². The van der Waals surface area contributed by atoms with Crippen molar-refractivity contribution in [3.63, 3.8) is 0 Å². The zero-order valence-corrected chi connectivity index (χ0v) is 33.9. The lowest BCUT2D eigenvalue weighted by molar-refractivity contribution is 0.669. The Morgan fingerprint density at radius 1 is 0.317 bits per heavy atom. The quantitative estimate of drug-likeness (QED) is 0.168. The number of aromatic nitrogens is 5. The molecule has 0 bridgehead atoms. The number of hydrogen-bond donors (Lipinski definition) is 0. The third kappa shape index (κ3) is 5.55. The van der Waals surface area contributed by atoms with Gasteiger partial charge in [0.05, 0.1) is 27.6 Å². The van der Waals surface area contributed by atoms with Crippen molar-refractivity contribution in [2.45, 2.75) is 0 Å². The maximum atomic E-state index is 6.56. The van der Waals surface area contributed by atoms with Gasteiger partial charge in [-0.3, -0.25) is 4.57 Å². The second-order valence-corrected chi connectivity index (χ2v) is 16.0. The van der Waals surface area contributed by atoms with E-state index in [0.29, 0.717) is 17.6 Å². The second kappa shape index (κ2) is 14.0. The van der Waals surface area contributed by atoms with Gasteiger partial charge in [0, 0.05) is 43.6 Å². The molecule has 0 aliphatic carbocycles. The molecule has 4 heterocycles. The van der Waals surface area contributed by atoms with Gasteiger partial charge in [0.15, 0.2) is 11.6 Å². The minimum atomic E-state index is 0.525. The number of para-hydroxylation sites is 4. The summed E-state index contributed by atoms with van der Waals surface area (Å²) < 4.78 is 11.2. The molecule has 0 spiro atoms. The normalized spacial score (nSPS) is 11.8. The summed E-state index contributed by atoms with van der Waals surface area (Å²) in [6.45, 7) is 0. The highest BCUT2D eigenvalue weighted by Crippen LogP contribution is 2.42. The van der Waals surface area contributed by atoms with Crippen LogP contribution < -0.4 is 0 Å². The van der Waals surface area contributed by atoms with Gasteiger partial charge in [0.2, 0.25) is 5.95 Å². The Morgan fingerprint density at radius 3 is 1.48 bits per heavy atom. The van der Waals surface area contributed by atoms with Crippen LogP contribution in [-0.2, 0) is 0 Å². The van der Waals surface area contributed by atoms with Crippen molar-refractivity contribution in [2.75, 3.05) is 0 Å². The molecular weight excluding hydrogens is 771 g/mol. The first-order chi connectivity index (χ1) is 31.2. The minimum absolute atomic E-state index is 0.525. The van der Waals surface area contributed by atoms with Crippen LogP contribution in [0.4, 0.5) is 0 Å². The molecule has 0 fully saturated rings. The molecule has 0 amide bonds. The minimum Gasteiger partial charge on any atom is -0.455 e. The molecular formula is C57H35N5O. The smallest absolute Gasteiger partial charge is 0.238 e. The fourth-order valence-electron chi connectivity index (χ4n) is 9.49. The summed E-state index contributed by atoms with van der Waals surface area (Å²) in [7, 11) is 0. The summed E-state index contributed by atoms with van der Waals surface area (Å²) >= 11 is 0. The Hall–Kier alpha value is -8.61. The molecule has 294 valence electrons. The van der Waals surface area contributed by atoms with E-state index in [1.165, 1.54) is 22.1 Å². The Morgan fingerprint density at radius 2 is 0.810 bits per heavy atom. The van der Waals surface area contributed by atoms with Crippen molar-refractivity contribution < 1.29 is 4.42 Å². The van der Waals surface area contributed by atoms with Gasteiger partial charge in [-0.05, 0) is 58.7 Å². The van der Waals surface area contributed by atoms with Crippen LogP contribution >= 0.6 is 0 Å². The highest BCUT2D eigenvalue weighted by Gasteiger charge is 2.24. The molecule has 6 heteroatoms. The summed E-state index contributed by atoms with van der Waals surface area (Å²) in [6.07, 6.45) is 0. The van der Waals surface area contributed by atoms with Crippen molar-refractivity contribution in [1.29, 1.82) is 0 Å². The standard InChI is InChI=1S/C57H35N5O/c1-3-14-36(15-4-1)37-26-28-38(29-27-37)39-30-32-41(33-31-39)61-49-23-10-7-18-42(49)45-34-35-46-43-19-8-11-24-50(43)62(53(46)52(45)61)57-59-55(40-16-5-2-6-17-40)58-56(60-57)48-22-13-21-47-44-20-9-12-25-51(44)63-54(47)48/h1-35H. The first-order valence-corrected chi connectivity index (χ1v) is 21.2. The number of nitrogens with zero attached hydrogens (tertiary/aromatic N) is 5. The molecule has 9 aromatic carbocycles. The number of hydrogen-bond acceptors (Lipinski definition) is 4. The first-order valence-electron chi connectivity index (χ1n) is 21.2. The molecule has 13 aromatic rings. The van der Waals surface area contributed by atoms with Gasteiger partial charge < -0.3 is 8.98 Å². The maximum Gasteiger partial charge on any atom is 0.238 e. The summed E-state index contributed by atoms with van der Waals surface area (Å²) in [5.74, 6) is 1.64. The van der Waals surface area contributed by atoms with Crippen LogP contribution in [0.5, 0.6) is 0 Å². The lowest BCUT2D eigenvalue weighted by Crippen LogP contribution is -2.07. The van der Waals surface area contributed by atoms with Crippen LogP contribution in [0.25, 0.3) is 122 Å². The third-order valence-corrected chi connectivity index (χ3v) is 12.4. The van der Waals surface area contributed by atoms with Crippen molar-refractivity contribution in [2.24, 2.45) is 0 Å². The molecule has 0 radical (unpaired) electrons. The molecule has 0 saturated carbocycles. The van der Waals surface area contributed by atoms with E-state index in [2.05, 4.69) is 167 Å². The number of furan rings is 1. The van der Waals surface area contributed by atoms with Crippen molar-refractivity contribution in [3.8, 4) is 56.7 Å². The molecule has 0 aliphatic heterocycles. The van der Waals surface area contributed by atoms with Gasteiger partial charge >= 0.3 is 0 Å². The van der Waals surface area contributed by atoms with Crippen LogP contribution in [0.3, 0.4) is 0 Å². The molecule has 6 nitrogen and oxygen atoms in total. The molecule has 13 rings (SSSR count). The van der Waals surface area contributed by atoms with Gasteiger partial charge in [-0.15, -0.1) is 0 Å². The van der Waals surface area contributed by atoms with E-state index in [1.807, 2.05) is 54.6 Å². The van der Waals surface area contributed by atoms with E-state index in [0.717, 1.165) is 82.5 Å². The van der Waals surface area contributed by atoms with E-state index >= 15 is 0 Å². The van der Waals surface area contributed by atoms with Crippen LogP contribution in [0, 0.1) is 0 Å². The second-order valence-electron chi connectivity index (χ2n) is 16.0. The predicted molar refractivity (Wildman–Crippen MR) is 258 cm³/mol. The van der Waals surface area contributed by atoms with E-state index in [4.69, 9.17) is 19.4 Å². The molecule has 4 aromatic heterocycles. The summed E-state index contributed by atoms with van der Waals surface area (Å²) in [5, 5.41) is 6.61. The van der Waals surface area contributed by atoms with E-state index < -0.39 is 0 Å². The maximum absolute atomic E-state index is 6.56. The molecule has 0 atom stereocenters. The van der Waals surface area contributed by atoms with Crippen LogP contribution in [0.15, 0.2) is 217 Å². The van der Waals surface area contributed by atoms with Crippen LogP contribution in [0.2, 0.25) is 0 Å². The highest BCUT2D eigenvalue weighted by molar-refractivity contribution is 6.23.